The Balaban J connectivity index is 2.09. The average Bonchev–Trinajstić information content (AvgIpc) is 2.78. The molecule has 0 aromatic heterocycles. The fraction of sp³-hybridized carbons (Fsp3) is 0.0625. The highest BCUT2D eigenvalue weighted by molar-refractivity contribution is 6.54. The summed E-state index contributed by atoms with van der Waals surface area (Å²) in [7, 11) is 0. The van der Waals surface area contributed by atoms with E-state index in [0.717, 1.165) is 16.8 Å². The molecule has 3 rings (SSSR count). The van der Waals surface area contributed by atoms with Gasteiger partial charge >= 0.3 is 5.97 Å². The lowest BCUT2D eigenvalue weighted by atomic mass is 10.1. The summed E-state index contributed by atoms with van der Waals surface area (Å²) in [6.45, 7) is 1.91. The zero-order valence-corrected chi connectivity index (χ0v) is 11.3. The molecule has 2 N–H and O–H groups in total. The van der Waals surface area contributed by atoms with Gasteiger partial charge in [0.2, 0.25) is 0 Å². The Hall–Kier alpha value is -2.95. The first-order valence-corrected chi connectivity index (χ1v) is 6.39. The van der Waals surface area contributed by atoms with Crippen LogP contribution in [0.2, 0.25) is 0 Å². The molecular weight excluding hydrogens is 268 g/mol. The normalized spacial score (nSPS) is 14.9. The van der Waals surface area contributed by atoms with E-state index in [-0.39, 0.29) is 11.5 Å². The van der Waals surface area contributed by atoms with Crippen LogP contribution in [0.4, 0.5) is 11.4 Å². The maximum Gasteiger partial charge on any atom is 0.335 e. The number of rotatable bonds is 2. The number of amides is 1. The van der Waals surface area contributed by atoms with E-state index in [1.165, 1.54) is 12.1 Å². The largest absolute Gasteiger partial charge is 0.478 e. The van der Waals surface area contributed by atoms with Gasteiger partial charge in [-0.25, -0.2) is 9.79 Å². The fourth-order valence-electron chi connectivity index (χ4n) is 2.27. The molecule has 2 aromatic carbocycles. The molecule has 1 aliphatic rings. The molecule has 1 heterocycles. The minimum absolute atomic E-state index is 0.139. The highest BCUT2D eigenvalue weighted by Gasteiger charge is 2.26. The summed E-state index contributed by atoms with van der Waals surface area (Å²) in [6.07, 6.45) is 0. The van der Waals surface area contributed by atoms with E-state index in [0.29, 0.717) is 11.4 Å². The van der Waals surface area contributed by atoms with Gasteiger partial charge in [0, 0.05) is 5.56 Å². The van der Waals surface area contributed by atoms with Crippen molar-refractivity contribution >= 4 is 29.0 Å². The van der Waals surface area contributed by atoms with Crippen molar-refractivity contribution in [2.75, 3.05) is 5.32 Å². The number of para-hydroxylation sites is 1. The van der Waals surface area contributed by atoms with E-state index >= 15 is 0 Å². The number of aryl methyl sites for hydroxylation is 1. The topological polar surface area (TPSA) is 78.8 Å². The second-order valence-electron chi connectivity index (χ2n) is 4.77. The number of aromatic carboxylic acids is 1. The van der Waals surface area contributed by atoms with E-state index in [1.54, 1.807) is 12.1 Å². The summed E-state index contributed by atoms with van der Waals surface area (Å²) in [6, 6.07) is 11.8. The van der Waals surface area contributed by atoms with Crippen molar-refractivity contribution in [2.24, 2.45) is 4.99 Å². The van der Waals surface area contributed by atoms with Crippen LogP contribution in [0.1, 0.15) is 21.5 Å². The van der Waals surface area contributed by atoms with Crippen molar-refractivity contribution in [3.63, 3.8) is 0 Å². The lowest BCUT2D eigenvalue weighted by molar-refractivity contribution is -0.110. The molecule has 5 nitrogen and oxygen atoms in total. The molecule has 104 valence electrons. The quantitative estimate of drug-likeness (QED) is 0.887. The van der Waals surface area contributed by atoms with Gasteiger partial charge in [-0.2, -0.15) is 0 Å². The molecule has 21 heavy (non-hydrogen) atoms. The van der Waals surface area contributed by atoms with E-state index in [1.807, 2.05) is 25.1 Å². The summed E-state index contributed by atoms with van der Waals surface area (Å²) in [5, 5.41) is 11.8. The van der Waals surface area contributed by atoms with E-state index < -0.39 is 5.97 Å². The second kappa shape index (κ2) is 4.86. The number of fused-ring (bicyclic) bond motifs is 1. The van der Waals surface area contributed by atoms with Crippen LogP contribution in [-0.4, -0.2) is 22.7 Å². The number of nitrogens with zero attached hydrogens (tertiary/aromatic N) is 1. The fourth-order valence-corrected chi connectivity index (χ4v) is 2.27. The van der Waals surface area contributed by atoms with Gasteiger partial charge in [-0.1, -0.05) is 24.3 Å². The first-order valence-electron chi connectivity index (χ1n) is 6.39. The third-order valence-corrected chi connectivity index (χ3v) is 3.32. The second-order valence-corrected chi connectivity index (χ2v) is 4.77. The van der Waals surface area contributed by atoms with Crippen molar-refractivity contribution in [3.05, 3.63) is 59.2 Å². The van der Waals surface area contributed by atoms with Gasteiger partial charge in [0.25, 0.3) is 5.91 Å². The Morgan fingerprint density at radius 1 is 1.19 bits per heavy atom. The zero-order chi connectivity index (χ0) is 15.0. The third kappa shape index (κ3) is 2.29. The number of aliphatic imine (C=N–C) groups is 1. The van der Waals surface area contributed by atoms with Crippen LogP contribution < -0.4 is 5.32 Å². The van der Waals surface area contributed by atoms with Gasteiger partial charge in [0.15, 0.2) is 0 Å². The molecule has 0 spiro atoms. The van der Waals surface area contributed by atoms with Gasteiger partial charge in [-0.3, -0.25) is 4.79 Å². The predicted octanol–water partition coefficient (Wildman–Crippen LogP) is 2.77. The molecule has 5 heteroatoms. The van der Waals surface area contributed by atoms with Crippen molar-refractivity contribution in [2.45, 2.75) is 6.92 Å². The molecule has 0 aliphatic carbocycles. The van der Waals surface area contributed by atoms with Crippen LogP contribution in [-0.2, 0) is 4.79 Å². The standard InChI is InChI=1S/C16H12N2O3/c1-9-4-2-7-12-13(9)18-15(19)14(12)17-11-6-3-5-10(8-11)16(20)21/h2-8H,1H3,(H,20,21)(H,17,18,19). The Kier molecular flexibility index (Phi) is 3.02. The monoisotopic (exact) mass is 280 g/mol. The number of carboxylic acid groups (broad SMARTS) is 1. The predicted molar refractivity (Wildman–Crippen MR) is 79.4 cm³/mol. The van der Waals surface area contributed by atoms with Gasteiger partial charge in [-0.05, 0) is 30.7 Å². The van der Waals surface area contributed by atoms with Crippen LogP contribution >= 0.6 is 0 Å². The van der Waals surface area contributed by atoms with Gasteiger partial charge in [0.05, 0.1) is 16.9 Å². The van der Waals surface area contributed by atoms with E-state index in [9.17, 15) is 9.59 Å². The van der Waals surface area contributed by atoms with Gasteiger partial charge in [-0.15, -0.1) is 0 Å². The highest BCUT2D eigenvalue weighted by Crippen LogP contribution is 2.28. The number of carboxylic acids is 1. The van der Waals surface area contributed by atoms with Crippen LogP contribution in [0, 0.1) is 6.92 Å². The minimum Gasteiger partial charge on any atom is -0.478 e. The Bertz CT molecular complexity index is 794. The summed E-state index contributed by atoms with van der Waals surface area (Å²) in [4.78, 5) is 27.3. The highest BCUT2D eigenvalue weighted by atomic mass is 16.4. The van der Waals surface area contributed by atoms with Crippen LogP contribution in [0.3, 0.4) is 0 Å². The molecule has 1 aliphatic heterocycles. The lowest BCUT2D eigenvalue weighted by Crippen LogP contribution is -2.14. The number of hydrogen-bond donors (Lipinski definition) is 2. The number of hydrogen-bond acceptors (Lipinski definition) is 3. The zero-order valence-electron chi connectivity index (χ0n) is 11.3. The van der Waals surface area contributed by atoms with E-state index in [2.05, 4.69) is 10.3 Å². The number of anilines is 1. The molecule has 0 radical (unpaired) electrons. The molecule has 0 atom stereocenters. The first-order chi connectivity index (χ1) is 10.1. The Morgan fingerprint density at radius 2 is 1.95 bits per heavy atom. The number of benzene rings is 2. The maximum atomic E-state index is 12.0. The molecule has 0 unspecified atom stereocenters. The maximum absolute atomic E-state index is 12.0. The Morgan fingerprint density at radius 3 is 2.71 bits per heavy atom. The number of carbonyl (C=O) groups is 2. The van der Waals surface area contributed by atoms with Crippen molar-refractivity contribution in [1.82, 2.24) is 0 Å². The van der Waals surface area contributed by atoms with Gasteiger partial charge < -0.3 is 10.4 Å². The smallest absolute Gasteiger partial charge is 0.335 e. The summed E-state index contributed by atoms with van der Waals surface area (Å²) in [5.41, 5.74) is 3.34. The molecule has 2 aromatic rings. The summed E-state index contributed by atoms with van der Waals surface area (Å²) in [5.74, 6) is -1.30. The average molecular weight is 280 g/mol. The number of nitrogens with one attached hydrogen (secondary N) is 1. The summed E-state index contributed by atoms with van der Waals surface area (Å²) >= 11 is 0. The van der Waals surface area contributed by atoms with Crippen molar-refractivity contribution in [1.29, 1.82) is 0 Å². The van der Waals surface area contributed by atoms with Gasteiger partial charge in [0.1, 0.15) is 5.71 Å². The lowest BCUT2D eigenvalue weighted by Gasteiger charge is -2.01. The number of carbonyl (C=O) groups excluding carboxylic acids is 1. The molecule has 0 saturated heterocycles. The molecular formula is C16H12N2O3. The summed E-state index contributed by atoms with van der Waals surface area (Å²) < 4.78 is 0. The van der Waals surface area contributed by atoms with Crippen LogP contribution in [0.5, 0.6) is 0 Å². The minimum atomic E-state index is -1.02. The Labute approximate surface area is 121 Å². The van der Waals surface area contributed by atoms with Crippen LogP contribution in [0.25, 0.3) is 0 Å². The molecule has 1 amide bonds. The third-order valence-electron chi connectivity index (χ3n) is 3.32. The SMILES string of the molecule is Cc1cccc2c1NC(=O)C2=Nc1cccc(C(=O)O)c1. The molecule has 0 fully saturated rings. The van der Waals surface area contributed by atoms with Crippen LogP contribution in [0.15, 0.2) is 47.5 Å². The first kappa shape index (κ1) is 13.1. The molecule has 0 saturated carbocycles. The molecule has 0 bridgehead atoms. The van der Waals surface area contributed by atoms with Crippen molar-refractivity contribution in [3.8, 4) is 0 Å². The van der Waals surface area contributed by atoms with E-state index in [4.69, 9.17) is 5.11 Å². The van der Waals surface area contributed by atoms with Crippen molar-refractivity contribution < 1.29 is 14.7 Å².